The zero-order valence-corrected chi connectivity index (χ0v) is 5.99. The van der Waals surface area contributed by atoms with E-state index in [0.29, 0.717) is 0 Å². The molecule has 56 valence electrons. The molecule has 0 saturated carbocycles. The molecule has 0 heterocycles. The maximum atomic E-state index is 9.71. The largest absolute Gasteiger partial charge is 0.550 e. The normalized spacial score (nSPS) is 11.3. The Balaban J connectivity index is 0. The van der Waals surface area contributed by atoms with E-state index in [2.05, 4.69) is 0 Å². The molecule has 0 aliphatic carbocycles. The molecule has 0 saturated heterocycles. The van der Waals surface area contributed by atoms with Crippen LogP contribution in [0.5, 0.6) is 0 Å². The molecule has 1 unspecified atom stereocenters. The minimum atomic E-state index is -1.58. The molecule has 1 atom stereocenters. The van der Waals surface area contributed by atoms with Crippen LogP contribution in [0.2, 0.25) is 0 Å². The smallest absolute Gasteiger partial charge is 0.0586 e. The van der Waals surface area contributed by atoms with Gasteiger partial charge in [0.05, 0.1) is 5.97 Å². The maximum Gasteiger partial charge on any atom is 0.0586 e. The van der Waals surface area contributed by atoms with Crippen molar-refractivity contribution in [3.8, 4) is 0 Å². The van der Waals surface area contributed by atoms with Crippen molar-refractivity contribution < 1.29 is 19.8 Å². The lowest BCUT2D eigenvalue weighted by molar-refractivity contribution is -0.316. The monoisotopic (exact) mass is 159 g/mol. The number of carbonyl (C=O) groups is 2. The van der Waals surface area contributed by atoms with Gasteiger partial charge >= 0.3 is 0 Å². The summed E-state index contributed by atoms with van der Waals surface area (Å²) >= 11 is 0. The molecule has 0 spiro atoms. The molecule has 0 aromatic heterocycles. The van der Waals surface area contributed by atoms with E-state index >= 15 is 0 Å². The first-order valence-corrected chi connectivity index (χ1v) is 2.20. The minimum Gasteiger partial charge on any atom is -0.550 e. The van der Waals surface area contributed by atoms with E-state index in [1.165, 1.54) is 0 Å². The van der Waals surface area contributed by atoms with Gasteiger partial charge in [-0.25, -0.2) is 0 Å². The van der Waals surface area contributed by atoms with Crippen LogP contribution in [0.25, 0.3) is 0 Å². The number of aliphatic carboxylic acids is 2. The molecule has 0 amide bonds. The van der Waals surface area contributed by atoms with Gasteiger partial charge in [0.1, 0.15) is 0 Å². The third-order valence-electron chi connectivity index (χ3n) is 0.689. The number of hydrogen-bond acceptors (Lipinski definition) is 5. The van der Waals surface area contributed by atoms with E-state index < -0.39 is 24.4 Å². The van der Waals surface area contributed by atoms with Crippen molar-refractivity contribution in [2.24, 2.45) is 5.73 Å². The predicted molar refractivity (Wildman–Crippen MR) is 28.4 cm³/mol. The quantitative estimate of drug-likeness (QED) is 0.420. The highest BCUT2D eigenvalue weighted by Crippen LogP contribution is 1.81. The molecular weight excluding hydrogens is 154 g/mol. The second-order valence-electron chi connectivity index (χ2n) is 1.50. The topological polar surface area (TPSA) is 106 Å². The summed E-state index contributed by atoms with van der Waals surface area (Å²) in [6.45, 7) is 0. The Bertz CT molecular complexity index is 137. The molecule has 0 aromatic carbocycles. The molecule has 0 aromatic rings. The minimum absolute atomic E-state index is 0. The van der Waals surface area contributed by atoms with Crippen molar-refractivity contribution in [3.05, 3.63) is 0 Å². The van der Waals surface area contributed by atoms with Crippen LogP contribution in [0.15, 0.2) is 0 Å². The number of carboxylic acid groups (broad SMARTS) is 2. The van der Waals surface area contributed by atoms with Gasteiger partial charge in [-0.2, -0.15) is 0 Å². The maximum absolute atomic E-state index is 9.71. The van der Waals surface area contributed by atoms with E-state index in [9.17, 15) is 19.8 Å². The van der Waals surface area contributed by atoms with E-state index in [4.69, 9.17) is 5.73 Å². The third-order valence-corrected chi connectivity index (χ3v) is 0.689. The molecule has 6 heteroatoms. The van der Waals surface area contributed by atoms with Gasteiger partial charge in [0.25, 0.3) is 0 Å². The van der Waals surface area contributed by atoms with Crippen LogP contribution in [0, 0.1) is 0 Å². The van der Waals surface area contributed by atoms with Gasteiger partial charge in [0.15, 0.2) is 0 Å². The van der Waals surface area contributed by atoms with Crippen LogP contribution >= 0.6 is 0 Å². The molecule has 0 rings (SSSR count). The van der Waals surface area contributed by atoms with Gasteiger partial charge in [-0.05, 0) is 0 Å². The lowest BCUT2D eigenvalue weighted by Gasteiger charge is -2.11. The number of carbonyl (C=O) groups excluding carboxylic acids is 2. The fourth-order valence-corrected chi connectivity index (χ4v) is 0.263. The molecule has 0 bridgehead atoms. The Morgan fingerprint density at radius 3 is 1.90 bits per heavy atom. The third kappa shape index (κ3) is 5.26. The fraction of sp³-hybridized carbons (Fsp3) is 0.500. The van der Waals surface area contributed by atoms with Crippen molar-refractivity contribution in [3.63, 3.8) is 0 Å². The van der Waals surface area contributed by atoms with Crippen molar-refractivity contribution in [2.45, 2.75) is 12.5 Å². The lowest BCUT2D eigenvalue weighted by atomic mass is 10.2. The SMILES string of the molecule is NC(CC(=O)[O-])C(=O)[O-].[Si]. The van der Waals surface area contributed by atoms with Gasteiger partial charge < -0.3 is 25.5 Å². The average Bonchev–Trinajstić information content (AvgIpc) is 1.63. The summed E-state index contributed by atoms with van der Waals surface area (Å²) in [4.78, 5) is 19.3. The summed E-state index contributed by atoms with van der Waals surface area (Å²) in [6.07, 6.45) is -0.706. The van der Waals surface area contributed by atoms with E-state index in [1.54, 1.807) is 0 Å². The van der Waals surface area contributed by atoms with Crippen molar-refractivity contribution >= 4 is 22.9 Å². The summed E-state index contributed by atoms with van der Waals surface area (Å²) in [5.41, 5.74) is 4.73. The van der Waals surface area contributed by atoms with Gasteiger partial charge in [-0.3, -0.25) is 0 Å². The number of nitrogens with two attached hydrogens (primary N) is 1. The van der Waals surface area contributed by atoms with Crippen LogP contribution < -0.4 is 15.9 Å². The zero-order valence-electron chi connectivity index (χ0n) is 4.99. The second kappa shape index (κ2) is 4.95. The number of hydrogen-bond donors (Lipinski definition) is 1. The molecule has 5 nitrogen and oxygen atoms in total. The Morgan fingerprint density at radius 2 is 1.80 bits per heavy atom. The van der Waals surface area contributed by atoms with Crippen molar-refractivity contribution in [1.29, 1.82) is 0 Å². The Hall–Kier alpha value is -0.883. The van der Waals surface area contributed by atoms with Gasteiger partial charge in [-0.1, -0.05) is 0 Å². The molecule has 0 fully saturated rings. The Labute approximate surface area is 61.9 Å². The highest BCUT2D eigenvalue weighted by atomic mass is 28.1. The highest BCUT2D eigenvalue weighted by Gasteiger charge is 2.01. The van der Waals surface area contributed by atoms with E-state index in [-0.39, 0.29) is 11.0 Å². The van der Waals surface area contributed by atoms with Gasteiger partial charge in [-0.15, -0.1) is 0 Å². The lowest BCUT2D eigenvalue weighted by Crippen LogP contribution is -2.45. The molecule has 0 aliphatic heterocycles. The number of rotatable bonds is 3. The average molecular weight is 159 g/mol. The Kier molecular flexibility index (Phi) is 5.87. The van der Waals surface area contributed by atoms with Gasteiger partial charge in [0.2, 0.25) is 0 Å². The first kappa shape index (κ1) is 11.9. The molecular formula is C4H5NO4Si-2. The summed E-state index contributed by atoms with van der Waals surface area (Å²) in [7, 11) is 0. The standard InChI is InChI=1S/C4H7NO4.Si/c5-2(4(8)9)1-3(6)7;/h2H,1,5H2,(H,6,7)(H,8,9);/p-2. The summed E-state index contributed by atoms with van der Waals surface area (Å²) < 4.78 is 0. The highest BCUT2D eigenvalue weighted by molar-refractivity contribution is 5.77. The Morgan fingerprint density at radius 1 is 1.40 bits per heavy atom. The van der Waals surface area contributed by atoms with E-state index in [1.807, 2.05) is 0 Å². The first-order chi connectivity index (χ1) is 4.04. The fourth-order valence-electron chi connectivity index (χ4n) is 0.263. The van der Waals surface area contributed by atoms with Crippen LogP contribution in [-0.2, 0) is 9.59 Å². The predicted octanol–water partition coefficient (Wildman–Crippen LogP) is -4.18. The first-order valence-electron chi connectivity index (χ1n) is 2.20. The van der Waals surface area contributed by atoms with Gasteiger partial charge in [0, 0.05) is 29.4 Å². The van der Waals surface area contributed by atoms with E-state index in [0.717, 1.165) is 0 Å². The number of carboxylic acids is 2. The summed E-state index contributed by atoms with van der Waals surface area (Å²) in [6, 6.07) is -1.46. The van der Waals surface area contributed by atoms with Crippen molar-refractivity contribution in [2.75, 3.05) is 0 Å². The van der Waals surface area contributed by atoms with Crippen LogP contribution in [0.1, 0.15) is 6.42 Å². The van der Waals surface area contributed by atoms with Crippen LogP contribution in [0.4, 0.5) is 0 Å². The van der Waals surface area contributed by atoms with Crippen LogP contribution in [-0.4, -0.2) is 28.9 Å². The van der Waals surface area contributed by atoms with Crippen LogP contribution in [0.3, 0.4) is 0 Å². The molecule has 10 heavy (non-hydrogen) atoms. The summed E-state index contributed by atoms with van der Waals surface area (Å²) in [5, 5.41) is 19.3. The summed E-state index contributed by atoms with van der Waals surface area (Å²) in [5.74, 6) is -3.08. The molecule has 2 N–H and O–H groups in total. The zero-order chi connectivity index (χ0) is 7.44. The molecule has 4 radical (unpaired) electrons. The molecule has 0 aliphatic rings. The second-order valence-corrected chi connectivity index (χ2v) is 1.50. The van der Waals surface area contributed by atoms with Crippen molar-refractivity contribution in [1.82, 2.24) is 0 Å².